The Bertz CT molecular complexity index is 524. The van der Waals surface area contributed by atoms with Crippen LogP contribution in [0.2, 0.25) is 0 Å². The molecule has 1 aromatic carbocycles. The molecule has 1 aromatic rings. The molecule has 2 fully saturated rings. The third-order valence-electron chi connectivity index (χ3n) is 5.87. The first-order valence-electron chi connectivity index (χ1n) is 9.71. The van der Waals surface area contributed by atoms with Gasteiger partial charge in [-0.3, -0.25) is 9.69 Å². The van der Waals surface area contributed by atoms with Gasteiger partial charge in [0, 0.05) is 31.0 Å². The summed E-state index contributed by atoms with van der Waals surface area (Å²) in [6.45, 7) is 4.81. The summed E-state index contributed by atoms with van der Waals surface area (Å²) in [6, 6.07) is 12.0. The molecule has 2 bridgehead atoms. The standard InChI is InChI=1S/C22H31NO/c1-2-3-4-8-14-22(24)19-15-20-12-9-13-21(16-19)23(20)17-18-10-6-5-7-11-18/h2,5-7,10-11,19-21H,1,3-4,8-9,12-17H2. The van der Waals surface area contributed by atoms with Crippen LogP contribution in [0.4, 0.5) is 0 Å². The van der Waals surface area contributed by atoms with Crippen molar-refractivity contribution in [2.45, 2.75) is 76.4 Å². The van der Waals surface area contributed by atoms with E-state index in [2.05, 4.69) is 41.8 Å². The van der Waals surface area contributed by atoms with Crippen molar-refractivity contribution in [2.75, 3.05) is 0 Å². The molecule has 0 aromatic heterocycles. The molecule has 2 saturated heterocycles. The number of ketones is 1. The van der Waals surface area contributed by atoms with Crippen LogP contribution in [0.5, 0.6) is 0 Å². The lowest BCUT2D eigenvalue weighted by molar-refractivity contribution is -0.127. The van der Waals surface area contributed by atoms with Crippen LogP contribution in [0.15, 0.2) is 43.0 Å². The lowest BCUT2D eigenvalue weighted by Crippen LogP contribution is -2.52. The molecular weight excluding hydrogens is 294 g/mol. The molecule has 130 valence electrons. The van der Waals surface area contributed by atoms with Gasteiger partial charge in [-0.05, 0) is 50.5 Å². The van der Waals surface area contributed by atoms with Crippen LogP contribution in [0.3, 0.4) is 0 Å². The molecule has 24 heavy (non-hydrogen) atoms. The maximum absolute atomic E-state index is 12.6. The Morgan fingerprint density at radius 2 is 1.83 bits per heavy atom. The highest BCUT2D eigenvalue weighted by atomic mass is 16.1. The van der Waals surface area contributed by atoms with E-state index in [4.69, 9.17) is 0 Å². The van der Waals surface area contributed by atoms with Gasteiger partial charge in [-0.2, -0.15) is 0 Å². The van der Waals surface area contributed by atoms with E-state index < -0.39 is 0 Å². The summed E-state index contributed by atoms with van der Waals surface area (Å²) in [4.78, 5) is 15.3. The van der Waals surface area contributed by atoms with Crippen molar-refractivity contribution < 1.29 is 4.79 Å². The molecule has 2 nitrogen and oxygen atoms in total. The molecule has 0 saturated carbocycles. The Morgan fingerprint density at radius 1 is 1.12 bits per heavy atom. The fourth-order valence-electron chi connectivity index (χ4n) is 4.59. The summed E-state index contributed by atoms with van der Waals surface area (Å²) < 4.78 is 0. The minimum Gasteiger partial charge on any atom is -0.299 e. The van der Waals surface area contributed by atoms with Gasteiger partial charge >= 0.3 is 0 Å². The smallest absolute Gasteiger partial charge is 0.136 e. The highest BCUT2D eigenvalue weighted by Gasteiger charge is 2.39. The van der Waals surface area contributed by atoms with Gasteiger partial charge in [-0.25, -0.2) is 0 Å². The number of unbranched alkanes of at least 4 members (excludes halogenated alkanes) is 2. The Hall–Kier alpha value is -1.41. The maximum atomic E-state index is 12.6. The fraction of sp³-hybridized carbons (Fsp3) is 0.591. The Kier molecular flexibility index (Phi) is 6.25. The van der Waals surface area contributed by atoms with Gasteiger partial charge in [0.15, 0.2) is 0 Å². The minimum absolute atomic E-state index is 0.316. The van der Waals surface area contributed by atoms with Crippen molar-refractivity contribution in [3.63, 3.8) is 0 Å². The zero-order valence-corrected chi connectivity index (χ0v) is 14.8. The second-order valence-corrected chi connectivity index (χ2v) is 7.57. The zero-order valence-electron chi connectivity index (χ0n) is 14.8. The number of carbonyl (C=O) groups is 1. The molecule has 2 atom stereocenters. The van der Waals surface area contributed by atoms with E-state index >= 15 is 0 Å². The molecule has 0 spiro atoms. The van der Waals surface area contributed by atoms with Gasteiger partial charge < -0.3 is 0 Å². The highest BCUT2D eigenvalue weighted by molar-refractivity contribution is 5.81. The number of rotatable bonds is 8. The normalized spacial score (nSPS) is 26.9. The third kappa shape index (κ3) is 4.36. The first-order valence-corrected chi connectivity index (χ1v) is 9.71. The van der Waals surface area contributed by atoms with Gasteiger partial charge in [0.25, 0.3) is 0 Å². The molecule has 2 heteroatoms. The number of benzene rings is 1. The van der Waals surface area contributed by atoms with Gasteiger partial charge in [0.1, 0.15) is 5.78 Å². The molecule has 2 aliphatic rings. The van der Waals surface area contributed by atoms with Crippen LogP contribution in [0.1, 0.15) is 63.4 Å². The number of hydrogen-bond donors (Lipinski definition) is 0. The van der Waals surface area contributed by atoms with Crippen molar-refractivity contribution in [1.82, 2.24) is 4.90 Å². The van der Waals surface area contributed by atoms with Crippen molar-refractivity contribution >= 4 is 5.78 Å². The minimum atomic E-state index is 0.316. The predicted molar refractivity (Wildman–Crippen MR) is 99.8 cm³/mol. The number of nitrogens with zero attached hydrogens (tertiary/aromatic N) is 1. The first kappa shape index (κ1) is 17.4. The van der Waals surface area contributed by atoms with E-state index in [1.165, 1.54) is 24.8 Å². The summed E-state index contributed by atoms with van der Waals surface area (Å²) >= 11 is 0. The quantitative estimate of drug-likeness (QED) is 0.487. The van der Waals surface area contributed by atoms with Crippen molar-refractivity contribution in [3.05, 3.63) is 48.6 Å². The van der Waals surface area contributed by atoms with Crippen LogP contribution in [0, 0.1) is 5.92 Å². The third-order valence-corrected chi connectivity index (χ3v) is 5.87. The number of piperidine rings is 2. The number of fused-ring (bicyclic) bond motifs is 2. The molecule has 2 heterocycles. The number of Topliss-reactive ketones (excluding diaryl/α,β-unsaturated/α-hetero) is 1. The second-order valence-electron chi connectivity index (χ2n) is 7.57. The Balaban J connectivity index is 1.56. The van der Waals surface area contributed by atoms with Crippen LogP contribution in [-0.2, 0) is 11.3 Å². The van der Waals surface area contributed by atoms with E-state index in [0.717, 1.165) is 45.1 Å². The summed E-state index contributed by atoms with van der Waals surface area (Å²) in [7, 11) is 0. The van der Waals surface area contributed by atoms with Gasteiger partial charge in [0.2, 0.25) is 0 Å². The molecule has 3 rings (SSSR count). The molecule has 0 aliphatic carbocycles. The number of allylic oxidation sites excluding steroid dienone is 1. The summed E-state index contributed by atoms with van der Waals surface area (Å²) in [5.41, 5.74) is 1.41. The second kappa shape index (κ2) is 8.62. The van der Waals surface area contributed by atoms with Gasteiger partial charge in [0.05, 0.1) is 0 Å². The van der Waals surface area contributed by atoms with Gasteiger partial charge in [-0.15, -0.1) is 6.58 Å². The molecule has 0 radical (unpaired) electrons. The predicted octanol–water partition coefficient (Wildman–Crippen LogP) is 5.14. The topological polar surface area (TPSA) is 20.3 Å². The molecule has 0 N–H and O–H groups in total. The SMILES string of the molecule is C=CCCCCC(=O)C1CC2CCCC(C1)N2Cc1ccccc1. The van der Waals surface area contributed by atoms with Gasteiger partial charge in [-0.1, -0.05) is 42.8 Å². The molecular formula is C22H31NO. The summed E-state index contributed by atoms with van der Waals surface area (Å²) in [5.74, 6) is 0.839. The molecule has 2 aliphatic heterocycles. The number of hydrogen-bond acceptors (Lipinski definition) is 2. The van der Waals surface area contributed by atoms with E-state index in [0.29, 0.717) is 23.8 Å². The Labute approximate surface area is 146 Å². The average molecular weight is 325 g/mol. The van der Waals surface area contributed by atoms with E-state index in [9.17, 15) is 4.79 Å². The van der Waals surface area contributed by atoms with Crippen LogP contribution in [0.25, 0.3) is 0 Å². The van der Waals surface area contributed by atoms with E-state index in [1.54, 1.807) is 0 Å². The fourth-order valence-corrected chi connectivity index (χ4v) is 4.59. The Morgan fingerprint density at radius 3 is 2.50 bits per heavy atom. The summed E-state index contributed by atoms with van der Waals surface area (Å²) in [5, 5.41) is 0. The lowest BCUT2D eigenvalue weighted by atomic mass is 9.76. The van der Waals surface area contributed by atoms with Crippen molar-refractivity contribution in [1.29, 1.82) is 0 Å². The zero-order chi connectivity index (χ0) is 16.8. The van der Waals surface area contributed by atoms with Crippen molar-refractivity contribution in [2.24, 2.45) is 5.92 Å². The maximum Gasteiger partial charge on any atom is 0.136 e. The van der Waals surface area contributed by atoms with Crippen LogP contribution < -0.4 is 0 Å². The average Bonchev–Trinajstić information content (AvgIpc) is 2.59. The highest BCUT2D eigenvalue weighted by Crippen LogP contribution is 2.38. The summed E-state index contributed by atoms with van der Waals surface area (Å²) in [6.07, 6.45) is 11.9. The van der Waals surface area contributed by atoms with Crippen LogP contribution in [-0.4, -0.2) is 22.8 Å². The lowest BCUT2D eigenvalue weighted by Gasteiger charge is -2.48. The molecule has 2 unspecified atom stereocenters. The monoisotopic (exact) mass is 325 g/mol. The number of carbonyl (C=O) groups excluding carboxylic acids is 1. The first-order chi connectivity index (χ1) is 11.8. The van der Waals surface area contributed by atoms with E-state index in [1.807, 2.05) is 6.08 Å². The largest absolute Gasteiger partial charge is 0.299 e. The van der Waals surface area contributed by atoms with Crippen LogP contribution >= 0.6 is 0 Å². The van der Waals surface area contributed by atoms with E-state index in [-0.39, 0.29) is 0 Å². The molecule has 0 amide bonds. The van der Waals surface area contributed by atoms with Crippen molar-refractivity contribution in [3.8, 4) is 0 Å².